The minimum Gasteiger partial charge on any atom is -0.294 e. The number of carbonyl (C=O) groups is 1. The van der Waals surface area contributed by atoms with Crippen LogP contribution in [0.3, 0.4) is 0 Å². The van der Waals surface area contributed by atoms with Gasteiger partial charge in [0.05, 0.1) is 12.0 Å². The van der Waals surface area contributed by atoms with Crippen LogP contribution < -0.4 is 0 Å². The molecular weight excluding hydrogens is 230 g/mol. The van der Waals surface area contributed by atoms with Crippen LogP contribution in [0.5, 0.6) is 0 Å². The second kappa shape index (κ2) is 5.42. The summed E-state index contributed by atoms with van der Waals surface area (Å²) in [5.74, 6) is -0.312. The predicted molar refractivity (Wildman–Crippen MR) is 68.1 cm³/mol. The quantitative estimate of drug-likeness (QED) is 0.767. The molecule has 3 heteroatoms. The van der Waals surface area contributed by atoms with Crippen LogP contribution in [0.15, 0.2) is 47.8 Å². The van der Waals surface area contributed by atoms with E-state index in [1.165, 1.54) is 11.3 Å². The van der Waals surface area contributed by atoms with Crippen molar-refractivity contribution in [3.8, 4) is 6.07 Å². The van der Waals surface area contributed by atoms with Crippen molar-refractivity contribution in [2.45, 2.75) is 12.3 Å². The lowest BCUT2D eigenvalue weighted by Gasteiger charge is -2.05. The summed E-state index contributed by atoms with van der Waals surface area (Å²) in [7, 11) is 0. The fourth-order valence-electron chi connectivity index (χ4n) is 1.63. The number of thiophene rings is 1. The van der Waals surface area contributed by atoms with Crippen LogP contribution in [0.25, 0.3) is 0 Å². The van der Waals surface area contributed by atoms with Gasteiger partial charge in [-0.2, -0.15) is 5.26 Å². The Kier molecular flexibility index (Phi) is 3.69. The van der Waals surface area contributed by atoms with Crippen LogP contribution in [0.4, 0.5) is 0 Å². The van der Waals surface area contributed by atoms with Gasteiger partial charge < -0.3 is 0 Å². The lowest BCUT2D eigenvalue weighted by atomic mass is 9.98. The zero-order valence-electron chi connectivity index (χ0n) is 9.17. The van der Waals surface area contributed by atoms with Crippen LogP contribution in [0, 0.1) is 11.3 Å². The summed E-state index contributed by atoms with van der Waals surface area (Å²) in [6.45, 7) is 0. The summed E-state index contributed by atoms with van der Waals surface area (Å²) in [4.78, 5) is 12.9. The van der Waals surface area contributed by atoms with Crippen LogP contribution >= 0.6 is 11.3 Å². The van der Waals surface area contributed by atoms with Gasteiger partial charge in [-0.05, 0) is 11.4 Å². The second-order valence-corrected chi connectivity index (χ2v) is 4.67. The fraction of sp³-hybridized carbons (Fsp3) is 0.143. The molecule has 0 spiro atoms. The molecule has 2 rings (SSSR count). The molecular formula is C14H11NOS. The molecule has 1 atom stereocenters. The van der Waals surface area contributed by atoms with E-state index >= 15 is 0 Å². The molecule has 0 bridgehead atoms. The average Bonchev–Trinajstić information content (AvgIpc) is 2.90. The first-order chi connectivity index (χ1) is 8.31. The van der Waals surface area contributed by atoms with Crippen molar-refractivity contribution in [2.24, 2.45) is 0 Å². The van der Waals surface area contributed by atoms with Gasteiger partial charge in [-0.3, -0.25) is 4.79 Å². The number of Topliss-reactive ketones (excluding diaryl/α,β-unsaturated/α-hetero) is 1. The molecule has 0 saturated carbocycles. The van der Waals surface area contributed by atoms with E-state index in [4.69, 9.17) is 5.26 Å². The Hall–Kier alpha value is -1.92. The summed E-state index contributed by atoms with van der Waals surface area (Å²) in [5.41, 5.74) is 0.671. The number of nitriles is 1. The zero-order chi connectivity index (χ0) is 12.1. The third kappa shape index (κ3) is 2.80. The Morgan fingerprint density at radius 2 is 2.00 bits per heavy atom. The number of hydrogen-bond acceptors (Lipinski definition) is 3. The van der Waals surface area contributed by atoms with Crippen molar-refractivity contribution in [1.82, 2.24) is 0 Å². The summed E-state index contributed by atoms with van der Waals surface area (Å²) in [6.07, 6.45) is 0.251. The summed E-state index contributed by atoms with van der Waals surface area (Å²) < 4.78 is 0. The summed E-state index contributed by atoms with van der Waals surface area (Å²) in [6, 6.07) is 15.1. The van der Waals surface area contributed by atoms with E-state index in [1.54, 1.807) is 12.1 Å². The fourth-order valence-corrected chi connectivity index (χ4v) is 2.40. The van der Waals surface area contributed by atoms with E-state index < -0.39 is 0 Å². The number of nitrogens with zero attached hydrogens (tertiary/aromatic N) is 1. The highest BCUT2D eigenvalue weighted by molar-refractivity contribution is 7.10. The van der Waals surface area contributed by atoms with E-state index in [1.807, 2.05) is 35.7 Å². The first-order valence-corrected chi connectivity index (χ1v) is 6.20. The Bertz CT molecular complexity index is 525. The Morgan fingerprint density at radius 1 is 1.24 bits per heavy atom. The van der Waals surface area contributed by atoms with Gasteiger partial charge >= 0.3 is 0 Å². The first kappa shape index (κ1) is 11.6. The minimum absolute atomic E-state index is 0.0190. The molecule has 0 unspecified atom stereocenters. The molecule has 84 valence electrons. The number of hydrogen-bond donors (Lipinski definition) is 0. The topological polar surface area (TPSA) is 40.9 Å². The molecule has 0 saturated heterocycles. The van der Waals surface area contributed by atoms with Gasteiger partial charge in [0.1, 0.15) is 0 Å². The van der Waals surface area contributed by atoms with Crippen molar-refractivity contribution >= 4 is 17.1 Å². The molecule has 2 aromatic rings. The van der Waals surface area contributed by atoms with E-state index in [-0.39, 0.29) is 18.1 Å². The lowest BCUT2D eigenvalue weighted by Crippen LogP contribution is -2.05. The lowest BCUT2D eigenvalue weighted by molar-refractivity contribution is 0.0979. The Morgan fingerprint density at radius 3 is 2.59 bits per heavy atom. The maximum Gasteiger partial charge on any atom is 0.164 e. The summed E-state index contributed by atoms with van der Waals surface area (Å²) in [5, 5.41) is 11.0. The highest BCUT2D eigenvalue weighted by atomic mass is 32.1. The molecule has 0 amide bonds. The van der Waals surface area contributed by atoms with Gasteiger partial charge in [-0.25, -0.2) is 0 Å². The third-order valence-electron chi connectivity index (χ3n) is 2.53. The third-order valence-corrected chi connectivity index (χ3v) is 3.51. The molecule has 0 fully saturated rings. The van der Waals surface area contributed by atoms with Gasteiger partial charge in [-0.1, -0.05) is 36.4 Å². The highest BCUT2D eigenvalue weighted by Crippen LogP contribution is 2.25. The maximum absolute atomic E-state index is 12.0. The monoisotopic (exact) mass is 241 g/mol. The molecule has 0 aliphatic carbocycles. The van der Waals surface area contributed by atoms with Gasteiger partial charge in [0.15, 0.2) is 5.78 Å². The highest BCUT2D eigenvalue weighted by Gasteiger charge is 2.17. The molecule has 1 heterocycles. The smallest absolute Gasteiger partial charge is 0.164 e. The van der Waals surface area contributed by atoms with Crippen LogP contribution in [-0.4, -0.2) is 5.78 Å². The number of ketones is 1. The first-order valence-electron chi connectivity index (χ1n) is 5.32. The standard InChI is InChI=1S/C14H11NOS/c15-10-12(14-7-4-8-17-14)9-13(16)11-5-2-1-3-6-11/h1-8,12H,9H2/t12-/m1/s1. The number of carbonyl (C=O) groups excluding carboxylic acids is 1. The van der Waals surface area contributed by atoms with E-state index in [0.29, 0.717) is 5.56 Å². The van der Waals surface area contributed by atoms with Crippen molar-refractivity contribution in [3.05, 3.63) is 58.3 Å². The molecule has 17 heavy (non-hydrogen) atoms. The van der Waals surface area contributed by atoms with Crippen molar-refractivity contribution in [1.29, 1.82) is 5.26 Å². The number of rotatable bonds is 4. The predicted octanol–water partition coefficient (Wildman–Crippen LogP) is 3.63. The molecule has 0 radical (unpaired) electrons. The van der Waals surface area contributed by atoms with Crippen LogP contribution in [0.1, 0.15) is 27.6 Å². The van der Waals surface area contributed by atoms with Gasteiger partial charge in [0.2, 0.25) is 0 Å². The Labute approximate surface area is 104 Å². The minimum atomic E-state index is -0.331. The van der Waals surface area contributed by atoms with Crippen molar-refractivity contribution in [3.63, 3.8) is 0 Å². The number of benzene rings is 1. The van der Waals surface area contributed by atoms with Crippen molar-refractivity contribution in [2.75, 3.05) is 0 Å². The Balaban J connectivity index is 2.11. The molecule has 2 nitrogen and oxygen atoms in total. The van der Waals surface area contributed by atoms with E-state index in [9.17, 15) is 4.79 Å². The van der Waals surface area contributed by atoms with Gasteiger partial charge in [0.25, 0.3) is 0 Å². The van der Waals surface area contributed by atoms with Crippen LogP contribution in [0.2, 0.25) is 0 Å². The molecule has 0 aliphatic rings. The SMILES string of the molecule is N#C[C@@H](CC(=O)c1ccccc1)c1cccs1. The van der Waals surface area contributed by atoms with Gasteiger partial charge in [-0.15, -0.1) is 11.3 Å². The van der Waals surface area contributed by atoms with Crippen LogP contribution in [-0.2, 0) is 0 Å². The largest absolute Gasteiger partial charge is 0.294 e. The zero-order valence-corrected chi connectivity index (χ0v) is 9.98. The van der Waals surface area contributed by atoms with E-state index in [0.717, 1.165) is 4.88 Å². The summed E-state index contributed by atoms with van der Waals surface area (Å²) >= 11 is 1.52. The second-order valence-electron chi connectivity index (χ2n) is 3.69. The normalized spacial score (nSPS) is 11.7. The molecule has 0 N–H and O–H groups in total. The molecule has 0 aliphatic heterocycles. The molecule has 1 aromatic heterocycles. The van der Waals surface area contributed by atoms with Crippen molar-refractivity contribution < 1.29 is 4.79 Å². The average molecular weight is 241 g/mol. The van der Waals surface area contributed by atoms with E-state index in [2.05, 4.69) is 6.07 Å². The molecule has 1 aromatic carbocycles. The maximum atomic E-state index is 12.0. The van der Waals surface area contributed by atoms with Gasteiger partial charge in [0, 0.05) is 16.9 Å².